The molecule has 1 unspecified atom stereocenters. The maximum atomic E-state index is 4.75. The Morgan fingerprint density at radius 3 is 3.12 bits per heavy atom. The van der Waals surface area contributed by atoms with Crippen molar-refractivity contribution in [3.63, 3.8) is 0 Å². The summed E-state index contributed by atoms with van der Waals surface area (Å²) in [6, 6.07) is 7.03. The Kier molecular flexibility index (Phi) is 2.65. The monoisotopic (exact) mass is 232 g/mol. The van der Waals surface area contributed by atoms with E-state index in [0.29, 0.717) is 6.04 Å². The molecule has 84 valence electrons. The minimum Gasteiger partial charge on any atom is -0.308 e. The van der Waals surface area contributed by atoms with Gasteiger partial charge in [0.25, 0.3) is 0 Å². The number of nitrogens with one attached hydrogen (secondary N) is 1. The van der Waals surface area contributed by atoms with Gasteiger partial charge in [0.15, 0.2) is 0 Å². The maximum Gasteiger partial charge on any atom is 0.111 e. The number of hydrogen-bond acceptors (Lipinski definition) is 3. The summed E-state index contributed by atoms with van der Waals surface area (Å²) in [6.45, 7) is 3.26. The van der Waals surface area contributed by atoms with Crippen LogP contribution in [0.1, 0.15) is 35.9 Å². The van der Waals surface area contributed by atoms with Gasteiger partial charge in [0, 0.05) is 0 Å². The molecule has 1 fully saturated rings. The molecule has 3 rings (SSSR count). The van der Waals surface area contributed by atoms with Crippen LogP contribution in [0.25, 0.3) is 10.2 Å². The molecule has 0 aliphatic carbocycles. The molecule has 0 radical (unpaired) electrons. The highest BCUT2D eigenvalue weighted by Crippen LogP contribution is 2.30. The molecule has 0 spiro atoms. The number of hydrogen-bond donors (Lipinski definition) is 1. The van der Waals surface area contributed by atoms with Crippen molar-refractivity contribution in [1.82, 2.24) is 10.3 Å². The van der Waals surface area contributed by atoms with E-state index in [4.69, 9.17) is 4.98 Å². The van der Waals surface area contributed by atoms with E-state index in [1.165, 1.54) is 34.5 Å². The number of rotatable bonds is 1. The fourth-order valence-corrected chi connectivity index (χ4v) is 3.32. The summed E-state index contributed by atoms with van der Waals surface area (Å²) in [5.41, 5.74) is 2.45. The third-order valence-electron chi connectivity index (χ3n) is 3.17. The van der Waals surface area contributed by atoms with Gasteiger partial charge in [-0.3, -0.25) is 0 Å². The molecule has 1 aliphatic heterocycles. The van der Waals surface area contributed by atoms with Crippen molar-refractivity contribution < 1.29 is 0 Å². The van der Waals surface area contributed by atoms with Crippen LogP contribution in [0.2, 0.25) is 0 Å². The van der Waals surface area contributed by atoms with Gasteiger partial charge in [-0.1, -0.05) is 12.5 Å². The molecule has 1 aromatic heterocycles. The van der Waals surface area contributed by atoms with E-state index in [1.54, 1.807) is 0 Å². The molecule has 3 heteroatoms. The Labute approximate surface area is 99.7 Å². The second kappa shape index (κ2) is 4.15. The first-order chi connectivity index (χ1) is 7.83. The highest BCUT2D eigenvalue weighted by Gasteiger charge is 2.18. The molecule has 2 heterocycles. The first-order valence-corrected chi connectivity index (χ1v) is 6.75. The van der Waals surface area contributed by atoms with Crippen LogP contribution in [0.15, 0.2) is 18.2 Å². The number of aryl methyl sites for hydroxylation is 1. The van der Waals surface area contributed by atoms with Crippen molar-refractivity contribution in [1.29, 1.82) is 0 Å². The van der Waals surface area contributed by atoms with Crippen molar-refractivity contribution in [2.75, 3.05) is 6.54 Å². The maximum absolute atomic E-state index is 4.75. The highest BCUT2D eigenvalue weighted by molar-refractivity contribution is 7.18. The summed E-state index contributed by atoms with van der Waals surface area (Å²) in [6.07, 6.45) is 3.87. The molecule has 2 nitrogen and oxygen atoms in total. The van der Waals surface area contributed by atoms with Crippen molar-refractivity contribution in [3.8, 4) is 0 Å². The van der Waals surface area contributed by atoms with E-state index in [0.717, 1.165) is 12.1 Å². The van der Waals surface area contributed by atoms with Crippen LogP contribution >= 0.6 is 11.3 Å². The number of nitrogens with zero attached hydrogens (tertiary/aromatic N) is 1. The predicted molar refractivity (Wildman–Crippen MR) is 69.0 cm³/mol. The summed E-state index contributed by atoms with van der Waals surface area (Å²) in [4.78, 5) is 4.75. The topological polar surface area (TPSA) is 24.9 Å². The molecule has 1 saturated heterocycles. The molecule has 1 atom stereocenters. The molecule has 1 aliphatic rings. The Morgan fingerprint density at radius 1 is 1.38 bits per heavy atom. The highest BCUT2D eigenvalue weighted by atomic mass is 32.1. The summed E-state index contributed by atoms with van der Waals surface area (Å²) in [5, 5.41) is 4.82. The van der Waals surface area contributed by atoms with Crippen LogP contribution in [-0.4, -0.2) is 11.5 Å². The predicted octanol–water partition coefficient (Wildman–Crippen LogP) is 3.42. The van der Waals surface area contributed by atoms with Gasteiger partial charge in [-0.05, 0) is 44.0 Å². The molecule has 0 saturated carbocycles. The molecule has 0 bridgehead atoms. The fourth-order valence-electron chi connectivity index (χ4n) is 2.27. The lowest BCUT2D eigenvalue weighted by Gasteiger charge is -2.20. The number of piperidine rings is 1. The Balaban J connectivity index is 1.97. The average molecular weight is 232 g/mol. The summed E-state index contributed by atoms with van der Waals surface area (Å²) in [5.74, 6) is 0. The van der Waals surface area contributed by atoms with Gasteiger partial charge in [0.2, 0.25) is 0 Å². The second-order valence-corrected chi connectivity index (χ2v) is 5.59. The smallest absolute Gasteiger partial charge is 0.111 e. The number of fused-ring (bicyclic) bond motifs is 1. The van der Waals surface area contributed by atoms with Gasteiger partial charge in [-0.15, -0.1) is 11.3 Å². The molecule has 1 aromatic carbocycles. The van der Waals surface area contributed by atoms with Gasteiger partial charge in [0.1, 0.15) is 5.01 Å². The first kappa shape index (κ1) is 10.2. The average Bonchev–Trinajstić information content (AvgIpc) is 2.73. The van der Waals surface area contributed by atoms with Crippen LogP contribution in [0, 0.1) is 6.92 Å². The number of aromatic nitrogens is 1. The lowest BCUT2D eigenvalue weighted by molar-refractivity contribution is 0.411. The van der Waals surface area contributed by atoms with E-state index in [1.807, 2.05) is 11.3 Å². The third-order valence-corrected chi connectivity index (χ3v) is 4.32. The summed E-state index contributed by atoms with van der Waals surface area (Å²) >= 11 is 1.84. The largest absolute Gasteiger partial charge is 0.308 e. The number of thiazole rings is 1. The van der Waals surface area contributed by atoms with Gasteiger partial charge in [0.05, 0.1) is 16.3 Å². The lowest BCUT2D eigenvalue weighted by atomic mass is 10.1. The Hall–Kier alpha value is -0.930. The van der Waals surface area contributed by atoms with Crippen molar-refractivity contribution >= 4 is 21.6 Å². The lowest BCUT2D eigenvalue weighted by Crippen LogP contribution is -2.26. The first-order valence-electron chi connectivity index (χ1n) is 5.93. The van der Waals surface area contributed by atoms with Crippen LogP contribution in [0.3, 0.4) is 0 Å². The van der Waals surface area contributed by atoms with E-state index >= 15 is 0 Å². The SMILES string of the molecule is Cc1ccc2sc(C3CCCCN3)nc2c1. The van der Waals surface area contributed by atoms with Gasteiger partial charge in [-0.2, -0.15) is 0 Å². The van der Waals surface area contributed by atoms with Gasteiger partial charge < -0.3 is 5.32 Å². The summed E-state index contributed by atoms with van der Waals surface area (Å²) in [7, 11) is 0. The second-order valence-electron chi connectivity index (χ2n) is 4.53. The zero-order chi connectivity index (χ0) is 11.0. The van der Waals surface area contributed by atoms with Gasteiger partial charge in [-0.25, -0.2) is 4.98 Å². The van der Waals surface area contributed by atoms with Crippen LogP contribution in [0.5, 0.6) is 0 Å². The van der Waals surface area contributed by atoms with Crippen molar-refractivity contribution in [2.45, 2.75) is 32.2 Å². The van der Waals surface area contributed by atoms with E-state index < -0.39 is 0 Å². The Bertz CT molecular complexity index is 498. The van der Waals surface area contributed by atoms with E-state index in [2.05, 4.69) is 30.4 Å². The van der Waals surface area contributed by atoms with E-state index in [9.17, 15) is 0 Å². The molecular weight excluding hydrogens is 216 g/mol. The molecule has 1 N–H and O–H groups in total. The molecule has 0 amide bonds. The van der Waals surface area contributed by atoms with Crippen LogP contribution in [-0.2, 0) is 0 Å². The van der Waals surface area contributed by atoms with E-state index in [-0.39, 0.29) is 0 Å². The Morgan fingerprint density at radius 2 is 2.31 bits per heavy atom. The third kappa shape index (κ3) is 1.85. The van der Waals surface area contributed by atoms with Crippen LogP contribution in [0.4, 0.5) is 0 Å². The van der Waals surface area contributed by atoms with Gasteiger partial charge >= 0.3 is 0 Å². The normalized spacial score (nSPS) is 21.4. The zero-order valence-electron chi connectivity index (χ0n) is 9.49. The quantitative estimate of drug-likeness (QED) is 0.815. The zero-order valence-corrected chi connectivity index (χ0v) is 10.3. The molecule has 16 heavy (non-hydrogen) atoms. The summed E-state index contributed by atoms with van der Waals surface area (Å²) < 4.78 is 1.31. The van der Waals surface area contributed by atoms with Crippen molar-refractivity contribution in [3.05, 3.63) is 28.8 Å². The van der Waals surface area contributed by atoms with Crippen LogP contribution < -0.4 is 5.32 Å². The molecular formula is C13H16N2S. The molecule has 2 aromatic rings. The minimum absolute atomic E-state index is 0.492. The fraction of sp³-hybridized carbons (Fsp3) is 0.462. The standard InChI is InChI=1S/C13H16N2S/c1-9-5-6-12-11(8-9)15-13(16-12)10-4-2-3-7-14-10/h5-6,8,10,14H,2-4,7H2,1H3. The number of benzene rings is 1. The minimum atomic E-state index is 0.492. The van der Waals surface area contributed by atoms with Crippen molar-refractivity contribution in [2.24, 2.45) is 0 Å².